The van der Waals surface area contributed by atoms with Gasteiger partial charge in [0.1, 0.15) is 0 Å². The third-order valence-electron chi connectivity index (χ3n) is 12.1. The van der Waals surface area contributed by atoms with Crippen LogP contribution in [0.1, 0.15) is 23.6 Å². The first-order valence-corrected chi connectivity index (χ1v) is 20.9. The second-order valence-corrected chi connectivity index (χ2v) is 15.6. The Morgan fingerprint density at radius 3 is 1.17 bits per heavy atom. The van der Waals surface area contributed by atoms with E-state index in [0.717, 1.165) is 17.8 Å². The van der Waals surface area contributed by atoms with Crippen molar-refractivity contribution in [2.75, 3.05) is 4.90 Å². The van der Waals surface area contributed by atoms with Crippen LogP contribution in [0.15, 0.2) is 237 Å². The third-order valence-corrected chi connectivity index (χ3v) is 12.1. The predicted molar refractivity (Wildman–Crippen MR) is 253 cm³/mol. The van der Waals surface area contributed by atoms with E-state index in [1.165, 1.54) is 83.1 Å². The smallest absolute Gasteiger partial charge is 0.0627 e. The number of nitrogens with zero attached hydrogens (tertiary/aromatic N) is 2. The summed E-state index contributed by atoms with van der Waals surface area (Å²) in [5.74, 6) is 0. The summed E-state index contributed by atoms with van der Waals surface area (Å²) in [5.41, 5.74) is 15.5. The van der Waals surface area contributed by atoms with Gasteiger partial charge in [-0.3, -0.25) is 0 Å². The fourth-order valence-electron chi connectivity index (χ4n) is 9.35. The molecule has 0 radical (unpaired) electrons. The van der Waals surface area contributed by atoms with E-state index in [2.05, 4.69) is 246 Å². The first kappa shape index (κ1) is 35.5. The molecule has 0 aliphatic carbocycles. The molecule has 1 aliphatic rings. The molecular formula is C58H42N2. The van der Waals surface area contributed by atoms with Crippen molar-refractivity contribution in [1.29, 1.82) is 0 Å². The lowest BCUT2D eigenvalue weighted by Gasteiger charge is -2.34. The highest BCUT2D eigenvalue weighted by atomic mass is 15.2. The van der Waals surface area contributed by atoms with E-state index in [4.69, 9.17) is 0 Å². The largest absolute Gasteiger partial charge is 0.332 e. The van der Waals surface area contributed by atoms with Gasteiger partial charge in [-0.15, -0.1) is 0 Å². The van der Waals surface area contributed by atoms with Crippen LogP contribution in [0.3, 0.4) is 0 Å². The van der Waals surface area contributed by atoms with Crippen molar-refractivity contribution >= 4 is 32.9 Å². The van der Waals surface area contributed by atoms with Gasteiger partial charge in [0.2, 0.25) is 0 Å². The van der Waals surface area contributed by atoms with E-state index in [1.807, 2.05) is 0 Å². The van der Waals surface area contributed by atoms with Crippen LogP contribution in [0.5, 0.6) is 0 Å². The lowest BCUT2D eigenvalue weighted by atomic mass is 9.91. The van der Waals surface area contributed by atoms with Crippen LogP contribution >= 0.6 is 0 Å². The lowest BCUT2D eigenvalue weighted by molar-refractivity contribution is 0.753. The molecular weight excluding hydrogens is 725 g/mol. The fourth-order valence-corrected chi connectivity index (χ4v) is 9.35. The van der Waals surface area contributed by atoms with E-state index >= 15 is 0 Å². The Bertz CT molecular complexity index is 2980. The standard InChI is InChI=1S/C58H42N2/c1-7-19-41(20-8-1)47-31-33-49-51(39-47)58(60-55(45-27-15-5-16-28-45)37-38-56(60)46-29-17-6-18-30-46)52-40-48(42-21-9-2-10-22-42)32-34-50(52)57(49)59-53(43-23-11-3-12-24-43)35-36-54(59)44-25-13-4-14-26-44/h1-35,37-40,54H,36H2. The molecule has 0 spiro atoms. The maximum Gasteiger partial charge on any atom is 0.0627 e. The molecule has 2 heteroatoms. The zero-order chi connectivity index (χ0) is 39.8. The summed E-state index contributed by atoms with van der Waals surface area (Å²) in [6, 6.07) is 84.3. The molecule has 0 fully saturated rings. The first-order chi connectivity index (χ1) is 29.8. The molecule has 0 saturated carbocycles. The molecule has 10 aromatic rings. The Kier molecular flexibility index (Phi) is 9.02. The number of hydrogen-bond acceptors (Lipinski definition) is 1. The number of anilines is 1. The minimum atomic E-state index is 0.104. The Labute approximate surface area is 351 Å². The van der Waals surface area contributed by atoms with Crippen molar-refractivity contribution in [1.82, 2.24) is 4.57 Å². The summed E-state index contributed by atoms with van der Waals surface area (Å²) < 4.78 is 2.54. The zero-order valence-electron chi connectivity index (χ0n) is 33.2. The molecule has 11 rings (SSSR count). The topological polar surface area (TPSA) is 8.17 Å². The molecule has 60 heavy (non-hydrogen) atoms. The molecule has 2 nitrogen and oxygen atoms in total. The zero-order valence-corrected chi connectivity index (χ0v) is 33.2. The quantitative estimate of drug-likeness (QED) is 0.140. The van der Waals surface area contributed by atoms with Crippen molar-refractivity contribution in [3.05, 3.63) is 248 Å². The van der Waals surface area contributed by atoms with Crippen LogP contribution in [0.25, 0.3) is 77.7 Å². The van der Waals surface area contributed by atoms with Crippen LogP contribution in [0.2, 0.25) is 0 Å². The van der Waals surface area contributed by atoms with Crippen molar-refractivity contribution in [3.8, 4) is 50.5 Å². The van der Waals surface area contributed by atoms with E-state index in [0.29, 0.717) is 0 Å². The van der Waals surface area contributed by atoms with Crippen LogP contribution < -0.4 is 4.90 Å². The number of hydrogen-bond donors (Lipinski definition) is 0. The van der Waals surface area contributed by atoms with E-state index in [9.17, 15) is 0 Å². The molecule has 284 valence electrons. The number of rotatable bonds is 8. The molecule has 9 aromatic carbocycles. The van der Waals surface area contributed by atoms with Gasteiger partial charge in [0.25, 0.3) is 0 Å². The molecule has 1 unspecified atom stereocenters. The summed E-state index contributed by atoms with van der Waals surface area (Å²) in [5, 5.41) is 4.81. The van der Waals surface area contributed by atoms with Gasteiger partial charge in [-0.1, -0.05) is 212 Å². The van der Waals surface area contributed by atoms with Gasteiger partial charge in [-0.2, -0.15) is 0 Å². The van der Waals surface area contributed by atoms with Crippen LogP contribution in [-0.4, -0.2) is 4.57 Å². The van der Waals surface area contributed by atoms with Crippen molar-refractivity contribution in [2.24, 2.45) is 0 Å². The number of benzene rings is 9. The SMILES string of the molecule is C1=C(c2ccccc2)N(c2c3ccc(-c4ccccc4)cc3c(-n3c(-c4ccccc4)ccc3-c3ccccc3)c3cc(-c4ccccc4)ccc23)C(c2ccccc2)C1. The first-order valence-electron chi connectivity index (χ1n) is 20.9. The summed E-state index contributed by atoms with van der Waals surface area (Å²) in [6.07, 6.45) is 3.35. The van der Waals surface area contributed by atoms with Gasteiger partial charge < -0.3 is 9.47 Å². The van der Waals surface area contributed by atoms with Gasteiger partial charge in [-0.05, 0) is 75.2 Å². The minimum Gasteiger partial charge on any atom is -0.332 e. The Balaban J connectivity index is 1.32. The average molecular weight is 767 g/mol. The van der Waals surface area contributed by atoms with Crippen molar-refractivity contribution < 1.29 is 0 Å². The molecule has 0 amide bonds. The highest BCUT2D eigenvalue weighted by Crippen LogP contribution is 2.52. The molecule has 2 heterocycles. The Morgan fingerprint density at radius 1 is 0.317 bits per heavy atom. The van der Waals surface area contributed by atoms with Crippen LogP contribution in [-0.2, 0) is 0 Å². The summed E-state index contributed by atoms with van der Waals surface area (Å²) in [4.78, 5) is 2.65. The van der Waals surface area contributed by atoms with Crippen LogP contribution in [0.4, 0.5) is 5.69 Å². The van der Waals surface area contributed by atoms with Gasteiger partial charge in [0, 0.05) is 27.2 Å². The normalized spacial score (nSPS) is 13.8. The molecule has 0 N–H and O–H groups in total. The van der Waals surface area contributed by atoms with Gasteiger partial charge in [-0.25, -0.2) is 0 Å². The van der Waals surface area contributed by atoms with Gasteiger partial charge in [0.15, 0.2) is 0 Å². The maximum atomic E-state index is 2.65. The summed E-state index contributed by atoms with van der Waals surface area (Å²) >= 11 is 0. The monoisotopic (exact) mass is 766 g/mol. The molecule has 1 atom stereocenters. The summed E-state index contributed by atoms with van der Waals surface area (Å²) in [6.45, 7) is 0. The van der Waals surface area contributed by atoms with Crippen molar-refractivity contribution in [2.45, 2.75) is 12.5 Å². The second-order valence-electron chi connectivity index (χ2n) is 15.6. The lowest BCUT2D eigenvalue weighted by Crippen LogP contribution is -2.23. The molecule has 0 bridgehead atoms. The number of fused-ring (bicyclic) bond motifs is 2. The van der Waals surface area contributed by atoms with Gasteiger partial charge >= 0.3 is 0 Å². The molecule has 1 aliphatic heterocycles. The minimum absolute atomic E-state index is 0.104. The average Bonchev–Trinajstić information content (AvgIpc) is 3.98. The molecule has 0 saturated heterocycles. The van der Waals surface area contributed by atoms with Crippen LogP contribution in [0, 0.1) is 0 Å². The highest BCUT2D eigenvalue weighted by Gasteiger charge is 2.33. The van der Waals surface area contributed by atoms with Crippen molar-refractivity contribution in [3.63, 3.8) is 0 Å². The van der Waals surface area contributed by atoms with E-state index in [-0.39, 0.29) is 6.04 Å². The van der Waals surface area contributed by atoms with Gasteiger partial charge in [0.05, 0.1) is 28.8 Å². The third kappa shape index (κ3) is 6.22. The predicted octanol–water partition coefficient (Wildman–Crippen LogP) is 15.4. The maximum absolute atomic E-state index is 2.65. The number of aromatic nitrogens is 1. The fraction of sp³-hybridized carbons (Fsp3) is 0.0345. The highest BCUT2D eigenvalue weighted by molar-refractivity contribution is 6.21. The molecule has 1 aromatic heterocycles. The second kappa shape index (κ2) is 15.2. The Hall–Kier alpha value is -7.68. The Morgan fingerprint density at radius 2 is 0.717 bits per heavy atom. The summed E-state index contributed by atoms with van der Waals surface area (Å²) in [7, 11) is 0. The van der Waals surface area contributed by atoms with E-state index < -0.39 is 0 Å². The van der Waals surface area contributed by atoms with E-state index in [1.54, 1.807) is 0 Å².